The zero-order valence-corrected chi connectivity index (χ0v) is 7.62. The fourth-order valence-electron chi connectivity index (χ4n) is 0.490. The molecule has 0 aliphatic carbocycles. The van der Waals surface area contributed by atoms with E-state index in [1.807, 2.05) is 0 Å². The molecule has 0 bridgehead atoms. The maximum Gasteiger partial charge on any atom is 0.279 e. The largest absolute Gasteiger partial charge is 0.461 e. The lowest BCUT2D eigenvalue weighted by atomic mass is 10.7. The van der Waals surface area contributed by atoms with Crippen LogP contribution in [0.1, 0.15) is 0 Å². The molecule has 0 radical (unpaired) electrons. The van der Waals surface area contributed by atoms with Crippen molar-refractivity contribution >= 4 is 0 Å². The molecule has 0 rings (SSSR count). The van der Waals surface area contributed by atoms with Crippen LogP contribution in [0.2, 0.25) is 0 Å². The highest BCUT2D eigenvalue weighted by atomic mass is 16.7. The van der Waals surface area contributed by atoms with Crippen LogP contribution in [0.15, 0.2) is 50.4 Å². The summed E-state index contributed by atoms with van der Waals surface area (Å²) in [5.41, 5.74) is 0. The molecule has 0 saturated carbocycles. The second-order valence-electron chi connectivity index (χ2n) is 2.05. The van der Waals surface area contributed by atoms with E-state index in [1.165, 1.54) is 0 Å². The summed E-state index contributed by atoms with van der Waals surface area (Å²) >= 11 is 0. The van der Waals surface area contributed by atoms with Crippen LogP contribution in [-0.2, 0) is 14.2 Å². The third kappa shape index (κ3) is 6.75. The highest BCUT2D eigenvalue weighted by Crippen LogP contribution is 2.05. The van der Waals surface area contributed by atoms with E-state index >= 15 is 0 Å². The van der Waals surface area contributed by atoms with Gasteiger partial charge < -0.3 is 14.2 Å². The van der Waals surface area contributed by atoms with Gasteiger partial charge in [-0.05, 0) is 13.2 Å². The Morgan fingerprint density at radius 1 is 0.923 bits per heavy atom. The molecule has 0 N–H and O–H groups in total. The molecule has 0 saturated heterocycles. The lowest BCUT2D eigenvalue weighted by molar-refractivity contribution is 0.0109. The van der Waals surface area contributed by atoms with Gasteiger partial charge in [0.05, 0.1) is 0 Å². The smallest absolute Gasteiger partial charge is 0.279 e. The SMILES string of the molecule is C=CCOC(=C)OC(=C)OCC=C. The van der Waals surface area contributed by atoms with E-state index in [-0.39, 0.29) is 11.9 Å². The summed E-state index contributed by atoms with van der Waals surface area (Å²) < 4.78 is 14.8. The van der Waals surface area contributed by atoms with Gasteiger partial charge in [-0.3, -0.25) is 0 Å². The molecular formula is C10H14O3. The third-order valence-electron chi connectivity index (χ3n) is 0.952. The first-order chi connectivity index (χ1) is 6.20. The van der Waals surface area contributed by atoms with Gasteiger partial charge in [0, 0.05) is 0 Å². The molecule has 0 heterocycles. The van der Waals surface area contributed by atoms with E-state index in [1.54, 1.807) is 12.2 Å². The molecule has 0 aromatic heterocycles. The Bertz CT molecular complexity index is 184. The summed E-state index contributed by atoms with van der Waals surface area (Å²) in [6, 6.07) is 0. The minimum absolute atomic E-state index is 0.133. The first-order valence-corrected chi connectivity index (χ1v) is 3.73. The summed E-state index contributed by atoms with van der Waals surface area (Å²) in [5.74, 6) is 0.267. The van der Waals surface area contributed by atoms with E-state index in [9.17, 15) is 0 Å². The lowest BCUT2D eigenvalue weighted by Gasteiger charge is -2.10. The predicted octanol–water partition coefficient (Wildman–Crippen LogP) is 2.35. The van der Waals surface area contributed by atoms with Crippen molar-refractivity contribution in [1.29, 1.82) is 0 Å². The van der Waals surface area contributed by atoms with Gasteiger partial charge >= 0.3 is 0 Å². The third-order valence-corrected chi connectivity index (χ3v) is 0.952. The maximum atomic E-state index is 4.94. The second kappa shape index (κ2) is 7.03. The molecule has 0 aliphatic heterocycles. The highest BCUT2D eigenvalue weighted by molar-refractivity contribution is 4.82. The van der Waals surface area contributed by atoms with E-state index in [4.69, 9.17) is 14.2 Å². The quantitative estimate of drug-likeness (QED) is 0.426. The minimum atomic E-state index is 0.133. The number of hydrogen-bond acceptors (Lipinski definition) is 3. The molecule has 13 heavy (non-hydrogen) atoms. The topological polar surface area (TPSA) is 27.7 Å². The van der Waals surface area contributed by atoms with Gasteiger partial charge in [-0.2, -0.15) is 0 Å². The van der Waals surface area contributed by atoms with E-state index in [0.717, 1.165) is 0 Å². The number of rotatable bonds is 8. The molecule has 0 aromatic rings. The zero-order valence-electron chi connectivity index (χ0n) is 7.62. The monoisotopic (exact) mass is 182 g/mol. The van der Waals surface area contributed by atoms with Gasteiger partial charge in [0.2, 0.25) is 0 Å². The van der Waals surface area contributed by atoms with Gasteiger partial charge in [-0.15, -0.1) is 0 Å². The van der Waals surface area contributed by atoms with Crippen LogP contribution in [0.5, 0.6) is 0 Å². The summed E-state index contributed by atoms with van der Waals surface area (Å²) in [5, 5.41) is 0. The van der Waals surface area contributed by atoms with Crippen LogP contribution in [0.25, 0.3) is 0 Å². The Hall–Kier alpha value is -1.64. The summed E-state index contributed by atoms with van der Waals surface area (Å²) in [4.78, 5) is 0. The Morgan fingerprint density at radius 2 is 1.31 bits per heavy atom. The van der Waals surface area contributed by atoms with Crippen molar-refractivity contribution in [2.75, 3.05) is 13.2 Å². The van der Waals surface area contributed by atoms with Crippen molar-refractivity contribution < 1.29 is 14.2 Å². The van der Waals surface area contributed by atoms with Crippen molar-refractivity contribution in [2.45, 2.75) is 0 Å². The van der Waals surface area contributed by atoms with Crippen LogP contribution in [0, 0.1) is 0 Å². The average Bonchev–Trinajstić information content (AvgIpc) is 2.11. The number of hydrogen-bond donors (Lipinski definition) is 0. The standard InChI is InChI=1S/C10H14O3/c1-5-7-11-9(3)13-10(4)12-8-6-2/h5-6H,1-4,7-8H2. The molecule has 0 fully saturated rings. The Morgan fingerprint density at radius 3 is 1.62 bits per heavy atom. The summed E-state index contributed by atoms with van der Waals surface area (Å²) in [6.07, 6.45) is 3.17. The average molecular weight is 182 g/mol. The molecule has 0 atom stereocenters. The van der Waals surface area contributed by atoms with Crippen molar-refractivity contribution in [1.82, 2.24) is 0 Å². The van der Waals surface area contributed by atoms with Gasteiger partial charge in [0.1, 0.15) is 13.2 Å². The molecule has 0 unspecified atom stereocenters. The van der Waals surface area contributed by atoms with Crippen LogP contribution in [-0.4, -0.2) is 13.2 Å². The minimum Gasteiger partial charge on any atom is -0.461 e. The first kappa shape index (κ1) is 11.4. The van der Waals surface area contributed by atoms with Crippen LogP contribution in [0.3, 0.4) is 0 Å². The maximum absolute atomic E-state index is 4.94. The van der Waals surface area contributed by atoms with Crippen molar-refractivity contribution in [3.8, 4) is 0 Å². The molecule has 0 amide bonds. The van der Waals surface area contributed by atoms with Crippen molar-refractivity contribution in [2.24, 2.45) is 0 Å². The second-order valence-corrected chi connectivity index (χ2v) is 2.05. The molecule has 72 valence electrons. The summed E-state index contributed by atoms with van der Waals surface area (Å²) in [7, 11) is 0. The number of ether oxygens (including phenoxy) is 3. The normalized spacial score (nSPS) is 8.31. The molecule has 3 heteroatoms. The molecular weight excluding hydrogens is 168 g/mol. The lowest BCUT2D eigenvalue weighted by Crippen LogP contribution is -1.99. The molecule has 3 nitrogen and oxygen atoms in total. The fraction of sp³-hybridized carbons (Fsp3) is 0.200. The highest BCUT2D eigenvalue weighted by Gasteiger charge is 1.98. The van der Waals surface area contributed by atoms with Crippen LogP contribution >= 0.6 is 0 Å². The first-order valence-electron chi connectivity index (χ1n) is 3.73. The van der Waals surface area contributed by atoms with Gasteiger partial charge in [0.15, 0.2) is 0 Å². The molecule has 0 aliphatic rings. The van der Waals surface area contributed by atoms with Crippen LogP contribution < -0.4 is 0 Å². The van der Waals surface area contributed by atoms with Crippen LogP contribution in [0.4, 0.5) is 0 Å². The van der Waals surface area contributed by atoms with E-state index < -0.39 is 0 Å². The van der Waals surface area contributed by atoms with Gasteiger partial charge in [-0.1, -0.05) is 25.3 Å². The van der Waals surface area contributed by atoms with E-state index in [0.29, 0.717) is 13.2 Å². The Kier molecular flexibility index (Phi) is 6.15. The Balaban J connectivity index is 3.58. The van der Waals surface area contributed by atoms with E-state index in [2.05, 4.69) is 26.3 Å². The molecule has 0 aromatic carbocycles. The zero-order chi connectivity index (χ0) is 10.1. The molecule has 0 spiro atoms. The summed E-state index contributed by atoms with van der Waals surface area (Å²) in [6.45, 7) is 14.6. The van der Waals surface area contributed by atoms with Crippen molar-refractivity contribution in [3.63, 3.8) is 0 Å². The van der Waals surface area contributed by atoms with Gasteiger partial charge in [0.25, 0.3) is 11.9 Å². The van der Waals surface area contributed by atoms with Crippen molar-refractivity contribution in [3.05, 3.63) is 50.4 Å². The Labute approximate surface area is 78.6 Å². The predicted molar refractivity (Wildman–Crippen MR) is 51.7 cm³/mol. The fourth-order valence-corrected chi connectivity index (χ4v) is 0.490. The van der Waals surface area contributed by atoms with Gasteiger partial charge in [-0.25, -0.2) is 0 Å².